The molecule has 0 amide bonds. The summed E-state index contributed by atoms with van der Waals surface area (Å²) in [5.74, 6) is 12.6. The summed E-state index contributed by atoms with van der Waals surface area (Å²) in [6, 6.07) is 0. The van der Waals surface area contributed by atoms with Crippen molar-refractivity contribution in [2.45, 2.75) is 54.9 Å². The van der Waals surface area contributed by atoms with Crippen molar-refractivity contribution in [1.29, 1.82) is 0 Å². The zero-order chi connectivity index (χ0) is 16.5. The third-order valence-corrected chi connectivity index (χ3v) is 3.99. The zero-order valence-electron chi connectivity index (χ0n) is 14.6. The molecule has 0 radical (unpaired) electrons. The summed E-state index contributed by atoms with van der Waals surface area (Å²) in [7, 11) is 0. The lowest BCUT2D eigenvalue weighted by Crippen LogP contribution is -2.06. The highest BCUT2D eigenvalue weighted by molar-refractivity contribution is 8.06. The molecule has 0 aliphatic rings. The molecule has 1 heteroatoms. The summed E-state index contributed by atoms with van der Waals surface area (Å²) in [5.41, 5.74) is 1.04. The van der Waals surface area contributed by atoms with Crippen LogP contribution in [0.1, 0.15) is 54.9 Å². The van der Waals surface area contributed by atoms with Gasteiger partial charge in [-0.1, -0.05) is 69.9 Å². The molecule has 114 valence electrons. The summed E-state index contributed by atoms with van der Waals surface area (Å²) < 4.78 is 0. The number of hydrogen-bond acceptors (Lipinski definition) is 1. The average Bonchev–Trinajstić information content (AvgIpc) is 2.39. The van der Waals surface area contributed by atoms with E-state index in [4.69, 9.17) is 0 Å². The normalized spacial score (nSPS) is 13.7. The minimum absolute atomic E-state index is 0.0527. The highest BCUT2D eigenvalue weighted by Gasteiger charge is 2.12. The highest BCUT2D eigenvalue weighted by Crippen LogP contribution is 2.28. The molecule has 1 atom stereocenters. The van der Waals surface area contributed by atoms with Crippen molar-refractivity contribution in [2.24, 2.45) is 11.3 Å². The van der Waals surface area contributed by atoms with Crippen molar-refractivity contribution in [3.63, 3.8) is 0 Å². The highest BCUT2D eigenvalue weighted by atomic mass is 32.2. The van der Waals surface area contributed by atoms with E-state index in [1.165, 1.54) is 9.81 Å². The monoisotopic (exact) mass is 300 g/mol. The first-order valence-electron chi connectivity index (χ1n) is 7.39. The van der Waals surface area contributed by atoms with E-state index in [-0.39, 0.29) is 11.3 Å². The van der Waals surface area contributed by atoms with Crippen molar-refractivity contribution in [2.75, 3.05) is 0 Å². The topological polar surface area (TPSA) is 0 Å². The third kappa shape index (κ3) is 9.28. The van der Waals surface area contributed by atoms with E-state index < -0.39 is 0 Å². The van der Waals surface area contributed by atoms with Crippen molar-refractivity contribution in [3.8, 4) is 23.7 Å². The van der Waals surface area contributed by atoms with Gasteiger partial charge in [-0.2, -0.15) is 0 Å². The molecule has 0 N–H and O–H groups in total. The molecule has 0 heterocycles. The van der Waals surface area contributed by atoms with Crippen LogP contribution >= 0.6 is 11.8 Å². The minimum atomic E-state index is 0.0527. The first-order valence-corrected chi connectivity index (χ1v) is 8.20. The predicted molar refractivity (Wildman–Crippen MR) is 98.7 cm³/mol. The lowest BCUT2D eigenvalue weighted by Gasteiger charge is -2.16. The molecule has 0 spiro atoms. The van der Waals surface area contributed by atoms with E-state index in [0.29, 0.717) is 0 Å². The molecule has 0 aromatic rings. The molecular weight excluding hydrogens is 272 g/mol. The SMILES string of the molecule is C=C(C#CC(C)/C=C(\C)S/C(=C/C#CC)CC)C(C)(C)C. The van der Waals surface area contributed by atoms with Gasteiger partial charge in [-0.3, -0.25) is 0 Å². The maximum atomic E-state index is 4.05. The Labute approximate surface area is 136 Å². The maximum Gasteiger partial charge on any atom is 0.0368 e. The van der Waals surface area contributed by atoms with Gasteiger partial charge in [-0.05, 0) is 48.5 Å². The van der Waals surface area contributed by atoms with Crippen LogP contribution in [0.15, 0.2) is 34.1 Å². The summed E-state index contributed by atoms with van der Waals surface area (Å²) in [4.78, 5) is 2.56. The standard InChI is InChI=1S/C20H28S/c1-9-11-12-19(10-2)21-18(5)15-16(3)13-14-17(4)20(6,7)8/h12,15-16H,4,10H2,1-3,5-8H3/b18-15+,19-12+. The fourth-order valence-electron chi connectivity index (χ4n) is 1.38. The zero-order valence-corrected chi connectivity index (χ0v) is 15.4. The number of rotatable bonds is 4. The van der Waals surface area contributed by atoms with E-state index in [1.54, 1.807) is 11.8 Å². The Hall–Kier alpha value is -1.31. The Bertz CT molecular complexity index is 530. The largest absolute Gasteiger partial charge is 0.102 e. The van der Waals surface area contributed by atoms with E-state index in [1.807, 2.05) is 13.0 Å². The van der Waals surface area contributed by atoms with Gasteiger partial charge in [0, 0.05) is 11.5 Å². The molecule has 0 aliphatic carbocycles. The first-order chi connectivity index (χ1) is 9.70. The van der Waals surface area contributed by atoms with Crippen molar-refractivity contribution < 1.29 is 0 Å². The fraction of sp³-hybridized carbons (Fsp3) is 0.500. The fourth-order valence-corrected chi connectivity index (χ4v) is 2.33. The number of hydrogen-bond donors (Lipinski definition) is 0. The van der Waals surface area contributed by atoms with Gasteiger partial charge in [0.1, 0.15) is 0 Å². The van der Waals surface area contributed by atoms with Crippen LogP contribution in [0.2, 0.25) is 0 Å². The maximum absolute atomic E-state index is 4.05. The molecule has 0 aromatic carbocycles. The molecule has 0 saturated heterocycles. The third-order valence-electron chi connectivity index (χ3n) is 2.86. The first kappa shape index (κ1) is 19.7. The van der Waals surface area contributed by atoms with Crippen LogP contribution in [0.4, 0.5) is 0 Å². The summed E-state index contributed by atoms with van der Waals surface area (Å²) in [6.45, 7) is 18.7. The molecule has 0 bridgehead atoms. The van der Waals surface area contributed by atoms with Crippen LogP contribution in [-0.2, 0) is 0 Å². The summed E-state index contributed by atoms with van der Waals surface area (Å²) in [6.07, 6.45) is 5.21. The molecule has 0 saturated carbocycles. The molecule has 0 fully saturated rings. The van der Waals surface area contributed by atoms with Crippen molar-refractivity contribution in [1.82, 2.24) is 0 Å². The van der Waals surface area contributed by atoms with E-state index >= 15 is 0 Å². The Kier molecular flexibility index (Phi) is 9.00. The average molecular weight is 301 g/mol. The Balaban J connectivity index is 4.81. The van der Waals surface area contributed by atoms with E-state index in [9.17, 15) is 0 Å². The van der Waals surface area contributed by atoms with E-state index in [0.717, 1.165) is 12.0 Å². The Morgan fingerprint density at radius 3 is 2.43 bits per heavy atom. The predicted octanol–water partition coefficient (Wildman–Crippen LogP) is 6.18. The van der Waals surface area contributed by atoms with Gasteiger partial charge < -0.3 is 0 Å². The Morgan fingerprint density at radius 2 is 1.95 bits per heavy atom. The van der Waals surface area contributed by atoms with Gasteiger partial charge in [0.15, 0.2) is 0 Å². The lowest BCUT2D eigenvalue weighted by atomic mass is 9.88. The number of allylic oxidation sites excluding steroid dienone is 5. The van der Waals surface area contributed by atoms with Crippen LogP contribution in [-0.4, -0.2) is 0 Å². The van der Waals surface area contributed by atoms with Gasteiger partial charge in [0.2, 0.25) is 0 Å². The number of thioether (sulfide) groups is 1. The van der Waals surface area contributed by atoms with Crippen LogP contribution < -0.4 is 0 Å². The van der Waals surface area contributed by atoms with Gasteiger partial charge in [-0.15, -0.1) is 5.92 Å². The molecule has 0 aromatic heterocycles. The molecule has 0 nitrogen and oxygen atoms in total. The second-order valence-corrected chi connectivity index (χ2v) is 7.40. The second kappa shape index (κ2) is 9.59. The quantitative estimate of drug-likeness (QED) is 0.558. The Morgan fingerprint density at radius 1 is 1.33 bits per heavy atom. The lowest BCUT2D eigenvalue weighted by molar-refractivity contribution is 0.523. The molecule has 21 heavy (non-hydrogen) atoms. The van der Waals surface area contributed by atoms with Crippen LogP contribution in [0.5, 0.6) is 0 Å². The van der Waals surface area contributed by atoms with Crippen LogP contribution in [0, 0.1) is 35.0 Å². The van der Waals surface area contributed by atoms with Crippen LogP contribution in [0.25, 0.3) is 0 Å². The summed E-state index contributed by atoms with van der Waals surface area (Å²) >= 11 is 1.78. The molecule has 1 unspecified atom stereocenters. The minimum Gasteiger partial charge on any atom is -0.102 e. The van der Waals surface area contributed by atoms with E-state index in [2.05, 4.69) is 77.9 Å². The second-order valence-electron chi connectivity index (χ2n) is 6.02. The smallest absolute Gasteiger partial charge is 0.0368 e. The van der Waals surface area contributed by atoms with Crippen molar-refractivity contribution >= 4 is 11.8 Å². The van der Waals surface area contributed by atoms with Gasteiger partial charge in [-0.25, -0.2) is 0 Å². The van der Waals surface area contributed by atoms with Crippen molar-refractivity contribution in [3.05, 3.63) is 34.1 Å². The molecular formula is C20H28S. The molecule has 0 aliphatic heterocycles. The van der Waals surface area contributed by atoms with Gasteiger partial charge in [0.05, 0.1) is 0 Å². The van der Waals surface area contributed by atoms with Gasteiger partial charge >= 0.3 is 0 Å². The summed E-state index contributed by atoms with van der Waals surface area (Å²) in [5, 5.41) is 0. The molecule has 0 rings (SSSR count). The van der Waals surface area contributed by atoms with Gasteiger partial charge in [0.25, 0.3) is 0 Å². The van der Waals surface area contributed by atoms with Crippen LogP contribution in [0.3, 0.4) is 0 Å².